The third kappa shape index (κ3) is 5.62. The number of hydrogen-bond donors (Lipinski definition) is 3. The van der Waals surface area contributed by atoms with E-state index in [-0.39, 0.29) is 17.6 Å². The molecule has 10 nitrogen and oxygen atoms in total. The number of likely N-dealkylation sites (tertiary alicyclic amines) is 1. The van der Waals surface area contributed by atoms with Crippen LogP contribution in [0, 0.1) is 11.7 Å². The fourth-order valence-electron chi connectivity index (χ4n) is 6.02. The van der Waals surface area contributed by atoms with Crippen molar-refractivity contribution >= 4 is 33.5 Å². The summed E-state index contributed by atoms with van der Waals surface area (Å²) in [6.07, 6.45) is 11.2. The minimum atomic E-state index is -0.373. The summed E-state index contributed by atoms with van der Waals surface area (Å²) in [5.74, 6) is 0.254. The van der Waals surface area contributed by atoms with Gasteiger partial charge in [-0.15, -0.1) is 0 Å². The van der Waals surface area contributed by atoms with Gasteiger partial charge in [-0.25, -0.2) is 9.37 Å². The summed E-state index contributed by atoms with van der Waals surface area (Å²) >= 11 is 0. The molecule has 1 aliphatic carbocycles. The number of H-pyrrole nitrogens is 2. The lowest BCUT2D eigenvalue weighted by Crippen LogP contribution is -2.25. The van der Waals surface area contributed by atoms with Gasteiger partial charge in [-0.1, -0.05) is 0 Å². The number of pyridine rings is 3. The van der Waals surface area contributed by atoms with Crippen LogP contribution in [0.2, 0.25) is 0 Å². The quantitative estimate of drug-likeness (QED) is 0.180. The lowest BCUT2D eigenvalue weighted by atomic mass is 10.1. The number of ether oxygens (including phenoxy) is 1. The van der Waals surface area contributed by atoms with Gasteiger partial charge in [0.05, 0.1) is 29.0 Å². The van der Waals surface area contributed by atoms with Crippen LogP contribution in [0.1, 0.15) is 25.7 Å². The van der Waals surface area contributed by atoms with Gasteiger partial charge in [-0.2, -0.15) is 5.10 Å². The molecule has 1 saturated carbocycles. The summed E-state index contributed by atoms with van der Waals surface area (Å²) in [4.78, 5) is 31.7. The second kappa shape index (κ2) is 11.4. The molecule has 2 aliphatic rings. The Bertz CT molecular complexity index is 2040. The number of rotatable bonds is 9. The predicted molar refractivity (Wildman–Crippen MR) is 170 cm³/mol. The molecule has 6 heterocycles. The monoisotopic (exact) mass is 602 g/mol. The maximum Gasteiger partial charge on any atom is 0.227 e. The molecule has 2 fully saturated rings. The number of hydrogen-bond acceptors (Lipinski definition) is 7. The number of aromatic nitrogens is 6. The number of nitrogens with one attached hydrogen (secondary N) is 3. The summed E-state index contributed by atoms with van der Waals surface area (Å²) in [6.45, 7) is 3.52. The SMILES string of the molecule is O=C(Nc1cncc(-c2cnc3n[nH]c(-c4cc5c(-c6cc(F)cc(OCCN7CCCC7)c6)nccc5[nH]4)c3c2)c1)C1CC1. The molecule has 8 rings (SSSR count). The molecule has 3 N–H and O–H groups in total. The molecule has 0 spiro atoms. The van der Waals surface area contributed by atoms with E-state index in [4.69, 9.17) is 4.74 Å². The van der Waals surface area contributed by atoms with E-state index in [1.807, 2.05) is 30.3 Å². The lowest BCUT2D eigenvalue weighted by molar-refractivity contribution is -0.117. The van der Waals surface area contributed by atoms with Crippen LogP contribution >= 0.6 is 0 Å². The highest BCUT2D eigenvalue weighted by Gasteiger charge is 2.29. The van der Waals surface area contributed by atoms with Gasteiger partial charge in [0.2, 0.25) is 5.91 Å². The molecule has 1 aliphatic heterocycles. The number of aromatic amines is 2. The van der Waals surface area contributed by atoms with Crippen LogP contribution in [0.5, 0.6) is 5.75 Å². The fourth-order valence-corrected chi connectivity index (χ4v) is 6.02. The molecule has 45 heavy (non-hydrogen) atoms. The van der Waals surface area contributed by atoms with Gasteiger partial charge in [-0.05, 0) is 75.2 Å². The van der Waals surface area contributed by atoms with Crippen LogP contribution in [0.15, 0.2) is 67.3 Å². The number of nitrogens with zero attached hydrogens (tertiary/aromatic N) is 5. The molecule has 0 unspecified atom stereocenters. The summed E-state index contributed by atoms with van der Waals surface area (Å²) in [5.41, 5.74) is 6.60. The van der Waals surface area contributed by atoms with Crippen molar-refractivity contribution in [3.63, 3.8) is 0 Å². The summed E-state index contributed by atoms with van der Waals surface area (Å²) in [7, 11) is 0. The van der Waals surface area contributed by atoms with E-state index in [1.165, 1.54) is 25.0 Å². The van der Waals surface area contributed by atoms with Crippen molar-refractivity contribution in [2.24, 2.45) is 5.92 Å². The first-order valence-electron chi connectivity index (χ1n) is 15.3. The molecule has 0 bridgehead atoms. The largest absolute Gasteiger partial charge is 0.492 e. The normalized spacial score (nSPS) is 15.2. The Kier molecular flexibility index (Phi) is 6.94. The average molecular weight is 603 g/mol. The van der Waals surface area contributed by atoms with Gasteiger partial charge in [0.1, 0.15) is 18.2 Å². The first-order valence-corrected chi connectivity index (χ1v) is 15.3. The van der Waals surface area contributed by atoms with E-state index in [1.54, 1.807) is 24.8 Å². The summed E-state index contributed by atoms with van der Waals surface area (Å²) in [5, 5.41) is 12.2. The van der Waals surface area contributed by atoms with E-state index >= 15 is 0 Å². The zero-order valence-corrected chi connectivity index (χ0v) is 24.5. The molecule has 0 radical (unpaired) electrons. The Morgan fingerprint density at radius 1 is 0.978 bits per heavy atom. The fraction of sp³-hybridized carbons (Fsp3) is 0.265. The third-order valence-electron chi connectivity index (χ3n) is 8.53. The molecule has 1 aromatic carbocycles. The molecular weight excluding hydrogens is 571 g/mol. The first kappa shape index (κ1) is 27.4. The van der Waals surface area contributed by atoms with Crippen molar-refractivity contribution in [1.82, 2.24) is 35.0 Å². The third-order valence-corrected chi connectivity index (χ3v) is 8.53. The van der Waals surface area contributed by atoms with Crippen LogP contribution in [-0.2, 0) is 4.79 Å². The smallest absolute Gasteiger partial charge is 0.227 e. The zero-order chi connectivity index (χ0) is 30.3. The van der Waals surface area contributed by atoms with Crippen molar-refractivity contribution in [3.8, 4) is 39.5 Å². The molecule has 11 heteroatoms. The number of carbonyl (C=O) groups excluding carboxylic acids is 1. The lowest BCUT2D eigenvalue weighted by Gasteiger charge is -2.15. The van der Waals surface area contributed by atoms with E-state index in [9.17, 15) is 9.18 Å². The molecule has 6 aromatic rings. The van der Waals surface area contributed by atoms with E-state index < -0.39 is 0 Å². The number of fused-ring (bicyclic) bond motifs is 2. The van der Waals surface area contributed by atoms with Crippen molar-refractivity contribution < 1.29 is 13.9 Å². The minimum absolute atomic E-state index is 0.0341. The highest BCUT2D eigenvalue weighted by molar-refractivity contribution is 6.00. The molecular formula is C34H31FN8O2. The van der Waals surface area contributed by atoms with Crippen LogP contribution in [0.3, 0.4) is 0 Å². The Balaban J connectivity index is 1.10. The van der Waals surface area contributed by atoms with Gasteiger partial charge in [0.15, 0.2) is 5.65 Å². The summed E-state index contributed by atoms with van der Waals surface area (Å²) in [6, 6.07) is 12.5. The molecule has 1 saturated heterocycles. The van der Waals surface area contributed by atoms with Crippen molar-refractivity contribution in [3.05, 3.63) is 73.1 Å². The number of amides is 1. The Morgan fingerprint density at radius 2 is 1.84 bits per heavy atom. The van der Waals surface area contributed by atoms with Crippen LogP contribution in [-0.4, -0.2) is 67.2 Å². The minimum Gasteiger partial charge on any atom is -0.492 e. The number of benzene rings is 1. The van der Waals surface area contributed by atoms with Crippen molar-refractivity contribution in [2.45, 2.75) is 25.7 Å². The number of halogens is 1. The molecule has 5 aromatic heterocycles. The van der Waals surface area contributed by atoms with Crippen LogP contribution in [0.25, 0.3) is 55.7 Å². The second-order valence-electron chi connectivity index (χ2n) is 11.8. The number of carbonyl (C=O) groups is 1. The Morgan fingerprint density at radius 3 is 2.71 bits per heavy atom. The summed E-state index contributed by atoms with van der Waals surface area (Å²) < 4.78 is 20.7. The number of anilines is 1. The Labute approximate surface area is 258 Å². The topological polar surface area (TPSA) is 125 Å². The highest BCUT2D eigenvalue weighted by Crippen LogP contribution is 2.35. The van der Waals surface area contributed by atoms with Crippen molar-refractivity contribution in [2.75, 3.05) is 31.6 Å². The van der Waals surface area contributed by atoms with Gasteiger partial charge >= 0.3 is 0 Å². The van der Waals surface area contributed by atoms with E-state index in [2.05, 4.69) is 40.3 Å². The molecule has 1 amide bonds. The maximum absolute atomic E-state index is 14.8. The zero-order valence-electron chi connectivity index (χ0n) is 24.5. The van der Waals surface area contributed by atoms with Crippen LogP contribution in [0.4, 0.5) is 10.1 Å². The Hall–Kier alpha value is -5.16. The van der Waals surface area contributed by atoms with Gasteiger partial charge < -0.3 is 15.0 Å². The average Bonchev–Trinajstić information content (AvgIpc) is 3.40. The van der Waals surface area contributed by atoms with E-state index in [0.717, 1.165) is 71.3 Å². The second-order valence-corrected chi connectivity index (χ2v) is 11.8. The standard InChI is InChI=1S/C34H31FN8O2/c35-24-11-21(13-26(15-24)45-10-9-43-7-1-2-8-43)31-27-16-30(40-29(27)5-6-37-31)32-28-14-23(18-38-33(28)42-41-32)22-12-25(19-36-17-22)39-34(44)20-3-4-20/h5-6,11-20,40H,1-4,7-10H2,(H,39,44)(H,38,41,42). The van der Waals surface area contributed by atoms with Gasteiger partial charge in [0.25, 0.3) is 0 Å². The predicted octanol–water partition coefficient (Wildman–Crippen LogP) is 6.19. The highest BCUT2D eigenvalue weighted by atomic mass is 19.1. The van der Waals surface area contributed by atoms with Gasteiger partial charge in [0, 0.05) is 70.1 Å². The maximum atomic E-state index is 14.8. The molecule has 226 valence electrons. The van der Waals surface area contributed by atoms with E-state index in [0.29, 0.717) is 34.9 Å². The molecule has 0 atom stereocenters. The first-order chi connectivity index (χ1) is 22.1. The van der Waals surface area contributed by atoms with Crippen LogP contribution < -0.4 is 10.1 Å². The van der Waals surface area contributed by atoms with Gasteiger partial charge in [-0.3, -0.25) is 24.8 Å². The van der Waals surface area contributed by atoms with Crippen molar-refractivity contribution in [1.29, 1.82) is 0 Å².